The van der Waals surface area contributed by atoms with Crippen LogP contribution in [0.25, 0.3) is 0 Å². The fourth-order valence-corrected chi connectivity index (χ4v) is 5.36. The van der Waals surface area contributed by atoms with Crippen LogP contribution in [-0.4, -0.2) is 52.0 Å². The van der Waals surface area contributed by atoms with Crippen LogP contribution in [0.1, 0.15) is 29.4 Å². The van der Waals surface area contributed by atoms with E-state index in [0.717, 1.165) is 37.3 Å². The summed E-state index contributed by atoms with van der Waals surface area (Å²) in [4.78, 5) is 11.9. The number of methoxy groups -OCH3 is 1. The third kappa shape index (κ3) is 4.67. The van der Waals surface area contributed by atoms with Crippen molar-refractivity contribution >= 4 is 39.7 Å². The summed E-state index contributed by atoms with van der Waals surface area (Å²) in [6.45, 7) is 4.90. The molecule has 132 valence electrons. The maximum absolute atomic E-state index is 12.7. The maximum atomic E-state index is 12.7. The minimum absolute atomic E-state index is 0. The number of rotatable bonds is 6. The van der Waals surface area contributed by atoms with E-state index < -0.39 is 16.0 Å². The Labute approximate surface area is 147 Å². The molecule has 0 radical (unpaired) electrons. The van der Waals surface area contributed by atoms with E-state index in [1.807, 2.05) is 0 Å². The minimum Gasteiger partial charge on any atom is -0.465 e. The summed E-state index contributed by atoms with van der Waals surface area (Å²) in [6.07, 6.45) is 1.67. The van der Waals surface area contributed by atoms with Crippen molar-refractivity contribution in [2.24, 2.45) is 5.92 Å². The number of sulfonamides is 1. The zero-order valence-corrected chi connectivity index (χ0v) is 15.7. The molecule has 0 amide bonds. The molecule has 1 N–H and O–H groups in total. The molecule has 1 aromatic heterocycles. The van der Waals surface area contributed by atoms with Gasteiger partial charge in [0.15, 0.2) is 0 Å². The highest BCUT2D eigenvalue weighted by Crippen LogP contribution is 2.28. The van der Waals surface area contributed by atoms with Crippen molar-refractivity contribution in [3.8, 4) is 0 Å². The van der Waals surface area contributed by atoms with Gasteiger partial charge in [0.25, 0.3) is 0 Å². The third-order valence-corrected chi connectivity index (χ3v) is 6.84. The fraction of sp³-hybridized carbons (Fsp3) is 0.643. The van der Waals surface area contributed by atoms with Crippen LogP contribution in [0.2, 0.25) is 0 Å². The summed E-state index contributed by atoms with van der Waals surface area (Å²) < 4.78 is 31.6. The second-order valence-electron chi connectivity index (χ2n) is 5.26. The minimum atomic E-state index is -3.63. The van der Waals surface area contributed by atoms with Crippen LogP contribution in [0, 0.1) is 5.92 Å². The molecule has 0 aliphatic carbocycles. The summed E-state index contributed by atoms with van der Waals surface area (Å²) in [7, 11) is -2.37. The van der Waals surface area contributed by atoms with Crippen LogP contribution in [0.15, 0.2) is 16.3 Å². The van der Waals surface area contributed by atoms with E-state index in [-0.39, 0.29) is 22.2 Å². The molecule has 0 spiro atoms. The molecule has 1 aromatic rings. The number of hydrogen-bond acceptors (Lipinski definition) is 6. The van der Waals surface area contributed by atoms with Gasteiger partial charge in [-0.25, -0.2) is 13.2 Å². The molecule has 23 heavy (non-hydrogen) atoms. The predicted octanol–water partition coefficient (Wildman–Crippen LogP) is 1.97. The molecule has 2 heterocycles. The molecule has 1 fully saturated rings. The van der Waals surface area contributed by atoms with Gasteiger partial charge >= 0.3 is 5.97 Å². The molecule has 2 rings (SSSR count). The van der Waals surface area contributed by atoms with Crippen LogP contribution in [0.5, 0.6) is 0 Å². The molecule has 1 aliphatic heterocycles. The van der Waals surface area contributed by atoms with Crippen molar-refractivity contribution in [1.82, 2.24) is 9.62 Å². The Hall–Kier alpha value is -0.670. The maximum Gasteiger partial charge on any atom is 0.349 e. The number of thiophene rings is 1. The lowest BCUT2D eigenvalue weighted by molar-refractivity contribution is 0.0602. The first-order valence-electron chi connectivity index (χ1n) is 7.37. The molecular weight excluding hydrogens is 360 g/mol. The largest absolute Gasteiger partial charge is 0.465 e. The number of nitrogens with zero attached hydrogens (tertiary/aromatic N) is 1. The predicted molar refractivity (Wildman–Crippen MR) is 92.9 cm³/mol. The van der Waals surface area contributed by atoms with Crippen LogP contribution in [0.3, 0.4) is 0 Å². The Morgan fingerprint density at radius 2 is 2.09 bits per heavy atom. The summed E-state index contributed by atoms with van der Waals surface area (Å²) in [5.74, 6) is -0.0930. The van der Waals surface area contributed by atoms with Crippen molar-refractivity contribution in [3.63, 3.8) is 0 Å². The molecule has 1 saturated heterocycles. The molecule has 0 aromatic carbocycles. The molecule has 0 bridgehead atoms. The molecule has 0 unspecified atom stereocenters. The van der Waals surface area contributed by atoms with Crippen molar-refractivity contribution in [1.29, 1.82) is 0 Å². The highest BCUT2D eigenvalue weighted by atomic mass is 35.5. The van der Waals surface area contributed by atoms with Crippen molar-refractivity contribution in [3.05, 3.63) is 16.3 Å². The van der Waals surface area contributed by atoms with Crippen molar-refractivity contribution in [2.45, 2.75) is 24.7 Å². The standard InChI is InChI=1S/C14H22N2O4S2.ClH/c1-3-15-10-11-4-7-16(8-5-11)22(18,19)12-6-9-21-13(12)14(17)20-2;/h6,9,11,15H,3-5,7-8,10H2,1-2H3;1H. The van der Waals surface area contributed by atoms with E-state index in [1.165, 1.54) is 17.5 Å². The summed E-state index contributed by atoms with van der Waals surface area (Å²) in [5, 5.41) is 4.91. The molecule has 6 nitrogen and oxygen atoms in total. The first-order valence-corrected chi connectivity index (χ1v) is 9.69. The van der Waals surface area contributed by atoms with Gasteiger partial charge < -0.3 is 10.1 Å². The van der Waals surface area contributed by atoms with Gasteiger partial charge in [0, 0.05) is 13.1 Å². The van der Waals surface area contributed by atoms with E-state index in [4.69, 9.17) is 0 Å². The topological polar surface area (TPSA) is 75.7 Å². The van der Waals surface area contributed by atoms with Gasteiger partial charge in [-0.3, -0.25) is 0 Å². The molecule has 9 heteroatoms. The zero-order chi connectivity index (χ0) is 16.2. The number of esters is 1. The monoisotopic (exact) mass is 382 g/mol. The van der Waals surface area contributed by atoms with Crippen LogP contribution >= 0.6 is 23.7 Å². The van der Waals surface area contributed by atoms with E-state index in [1.54, 1.807) is 5.38 Å². The third-order valence-electron chi connectivity index (χ3n) is 3.87. The van der Waals surface area contributed by atoms with Gasteiger partial charge in [-0.1, -0.05) is 6.92 Å². The van der Waals surface area contributed by atoms with Gasteiger partial charge in [-0.05, 0) is 43.3 Å². The van der Waals surface area contributed by atoms with E-state index >= 15 is 0 Å². The molecular formula is C14H23ClN2O4S2. The van der Waals surface area contributed by atoms with Crippen molar-refractivity contribution in [2.75, 3.05) is 33.3 Å². The first-order chi connectivity index (χ1) is 10.5. The first kappa shape index (κ1) is 20.4. The lowest BCUT2D eigenvalue weighted by Gasteiger charge is -2.31. The Bertz CT molecular complexity index is 610. The highest BCUT2D eigenvalue weighted by Gasteiger charge is 2.33. The van der Waals surface area contributed by atoms with Gasteiger partial charge in [-0.2, -0.15) is 4.31 Å². The number of carbonyl (C=O) groups excluding carboxylic acids is 1. The normalized spacial score (nSPS) is 16.8. The Kier molecular flexibility index (Phi) is 7.96. The number of carbonyl (C=O) groups is 1. The Morgan fingerprint density at radius 1 is 1.43 bits per heavy atom. The summed E-state index contributed by atoms with van der Waals surface area (Å²) >= 11 is 1.09. The lowest BCUT2D eigenvalue weighted by Crippen LogP contribution is -2.41. The Balaban J connectivity index is 0.00000264. The number of ether oxygens (including phenoxy) is 1. The quantitative estimate of drug-likeness (QED) is 0.761. The second kappa shape index (κ2) is 8.98. The van der Waals surface area contributed by atoms with Crippen LogP contribution in [0.4, 0.5) is 0 Å². The molecule has 0 saturated carbocycles. The van der Waals surface area contributed by atoms with Gasteiger partial charge in [0.1, 0.15) is 9.77 Å². The molecule has 1 aliphatic rings. The average Bonchev–Trinajstić information content (AvgIpc) is 3.03. The second-order valence-corrected chi connectivity index (χ2v) is 8.08. The smallest absolute Gasteiger partial charge is 0.349 e. The van der Waals surface area contributed by atoms with E-state index in [0.29, 0.717) is 19.0 Å². The lowest BCUT2D eigenvalue weighted by atomic mass is 9.98. The van der Waals surface area contributed by atoms with E-state index in [9.17, 15) is 13.2 Å². The number of nitrogens with one attached hydrogen (secondary N) is 1. The fourth-order valence-electron chi connectivity index (χ4n) is 2.58. The van der Waals surface area contributed by atoms with Gasteiger partial charge in [0.2, 0.25) is 10.0 Å². The number of hydrogen-bond donors (Lipinski definition) is 1. The van der Waals surface area contributed by atoms with E-state index in [2.05, 4.69) is 17.0 Å². The van der Waals surface area contributed by atoms with Gasteiger partial charge in [-0.15, -0.1) is 23.7 Å². The summed E-state index contributed by atoms with van der Waals surface area (Å²) in [5.41, 5.74) is 0. The summed E-state index contributed by atoms with van der Waals surface area (Å²) in [6, 6.07) is 1.48. The SMILES string of the molecule is CCNCC1CCN(S(=O)(=O)c2ccsc2C(=O)OC)CC1.Cl. The molecule has 0 atom stereocenters. The van der Waals surface area contributed by atoms with Crippen LogP contribution < -0.4 is 5.32 Å². The zero-order valence-electron chi connectivity index (χ0n) is 13.3. The number of halogens is 1. The average molecular weight is 383 g/mol. The van der Waals surface area contributed by atoms with Crippen molar-refractivity contribution < 1.29 is 17.9 Å². The highest BCUT2D eigenvalue weighted by molar-refractivity contribution is 7.89. The van der Waals surface area contributed by atoms with Gasteiger partial charge in [0.05, 0.1) is 7.11 Å². The number of piperidine rings is 1. The van der Waals surface area contributed by atoms with Crippen LogP contribution in [-0.2, 0) is 14.8 Å². The Morgan fingerprint density at radius 3 is 2.65 bits per heavy atom.